The first-order valence-corrected chi connectivity index (χ1v) is 5.49. The van der Waals surface area contributed by atoms with Gasteiger partial charge in [0.2, 0.25) is 0 Å². The van der Waals surface area contributed by atoms with Crippen LogP contribution in [-0.4, -0.2) is 30.7 Å². The Labute approximate surface area is 98.9 Å². The monoisotopic (exact) mass is 240 g/mol. The van der Waals surface area contributed by atoms with Crippen LogP contribution >= 0.6 is 11.6 Å². The Bertz CT molecular complexity index is 397. The minimum absolute atomic E-state index is 0.121. The third kappa shape index (κ3) is 1.99. The summed E-state index contributed by atoms with van der Waals surface area (Å²) in [5.41, 5.74) is 6.37. The molecule has 1 fully saturated rings. The molecule has 1 aliphatic heterocycles. The summed E-state index contributed by atoms with van der Waals surface area (Å²) >= 11 is 6.09. The fourth-order valence-electron chi connectivity index (χ4n) is 1.84. The second-order valence-electron chi connectivity index (χ2n) is 3.60. The molecule has 1 unspecified atom stereocenters. The summed E-state index contributed by atoms with van der Waals surface area (Å²) in [6.07, 6.45) is -0.324. The molecule has 1 aromatic carbocycles. The summed E-state index contributed by atoms with van der Waals surface area (Å²) in [5.74, 6) is 0. The van der Waals surface area contributed by atoms with Crippen LogP contribution in [0.25, 0.3) is 0 Å². The number of benzene rings is 1. The maximum absolute atomic E-state index is 11.5. The molecule has 0 aromatic heterocycles. The third-order valence-corrected chi connectivity index (χ3v) is 2.95. The number of carbonyl (C=O) groups excluding carboxylic acids is 1. The molecule has 86 valence electrons. The lowest BCUT2D eigenvalue weighted by Gasteiger charge is -2.21. The lowest BCUT2D eigenvalue weighted by atomic mass is 10.1. The van der Waals surface area contributed by atoms with Crippen molar-refractivity contribution >= 4 is 17.7 Å². The van der Waals surface area contributed by atoms with Gasteiger partial charge < -0.3 is 10.5 Å². The van der Waals surface area contributed by atoms with Crippen molar-refractivity contribution in [1.82, 2.24) is 4.90 Å². The number of ether oxygens (including phenoxy) is 1. The van der Waals surface area contributed by atoms with Gasteiger partial charge in [0.1, 0.15) is 6.61 Å². The van der Waals surface area contributed by atoms with Crippen LogP contribution in [0.1, 0.15) is 11.6 Å². The Kier molecular flexibility index (Phi) is 3.31. The van der Waals surface area contributed by atoms with Crippen LogP contribution in [0.3, 0.4) is 0 Å². The van der Waals surface area contributed by atoms with Crippen molar-refractivity contribution in [2.45, 2.75) is 6.04 Å². The number of amides is 1. The first-order chi connectivity index (χ1) is 7.74. The first-order valence-electron chi connectivity index (χ1n) is 5.12. The lowest BCUT2D eigenvalue weighted by Crippen LogP contribution is -2.32. The molecule has 1 amide bonds. The highest BCUT2D eigenvalue weighted by molar-refractivity contribution is 6.31. The Morgan fingerprint density at radius 2 is 2.25 bits per heavy atom. The molecular weight excluding hydrogens is 228 g/mol. The van der Waals surface area contributed by atoms with E-state index in [0.717, 1.165) is 5.56 Å². The van der Waals surface area contributed by atoms with E-state index in [0.29, 0.717) is 24.7 Å². The normalized spacial score (nSPS) is 20.0. The Morgan fingerprint density at radius 3 is 2.94 bits per heavy atom. The van der Waals surface area contributed by atoms with Crippen LogP contribution in [-0.2, 0) is 4.74 Å². The van der Waals surface area contributed by atoms with Gasteiger partial charge in [-0.2, -0.15) is 0 Å². The van der Waals surface area contributed by atoms with Gasteiger partial charge in [-0.3, -0.25) is 4.90 Å². The van der Waals surface area contributed by atoms with Gasteiger partial charge >= 0.3 is 6.09 Å². The van der Waals surface area contributed by atoms with Crippen LogP contribution < -0.4 is 5.73 Å². The summed E-state index contributed by atoms with van der Waals surface area (Å²) in [7, 11) is 0. The summed E-state index contributed by atoms with van der Waals surface area (Å²) in [6.45, 7) is 1.23. The van der Waals surface area contributed by atoms with E-state index >= 15 is 0 Å². The Balaban J connectivity index is 2.27. The average molecular weight is 241 g/mol. The fourth-order valence-corrected chi connectivity index (χ4v) is 2.10. The number of hydrogen-bond acceptors (Lipinski definition) is 3. The van der Waals surface area contributed by atoms with Crippen LogP contribution in [0.2, 0.25) is 5.02 Å². The number of halogens is 1. The van der Waals surface area contributed by atoms with E-state index in [1.165, 1.54) is 0 Å². The minimum Gasteiger partial charge on any atom is -0.447 e. The lowest BCUT2D eigenvalue weighted by molar-refractivity contribution is 0.158. The molecule has 0 radical (unpaired) electrons. The second-order valence-corrected chi connectivity index (χ2v) is 4.00. The minimum atomic E-state index is -0.324. The molecule has 1 atom stereocenters. The molecule has 1 aliphatic rings. The molecular formula is C11H13ClN2O2. The second kappa shape index (κ2) is 4.72. The quantitative estimate of drug-likeness (QED) is 0.877. The molecule has 1 aromatic rings. The zero-order chi connectivity index (χ0) is 11.5. The number of nitrogens with zero attached hydrogens (tertiary/aromatic N) is 1. The van der Waals surface area contributed by atoms with E-state index in [2.05, 4.69) is 0 Å². The van der Waals surface area contributed by atoms with Gasteiger partial charge in [0.25, 0.3) is 0 Å². The zero-order valence-electron chi connectivity index (χ0n) is 8.73. The van der Waals surface area contributed by atoms with Crippen molar-refractivity contribution in [1.29, 1.82) is 0 Å². The third-order valence-electron chi connectivity index (χ3n) is 2.61. The van der Waals surface area contributed by atoms with Gasteiger partial charge in [-0.1, -0.05) is 29.8 Å². The van der Waals surface area contributed by atoms with Gasteiger partial charge in [-0.15, -0.1) is 0 Å². The van der Waals surface area contributed by atoms with E-state index in [4.69, 9.17) is 22.1 Å². The SMILES string of the molecule is NCCN1C(=O)OCC1c1ccccc1Cl. The average Bonchev–Trinajstić information content (AvgIpc) is 2.62. The number of nitrogens with two attached hydrogens (primary N) is 1. The molecule has 0 spiro atoms. The predicted molar refractivity (Wildman–Crippen MR) is 61.3 cm³/mol. The van der Waals surface area contributed by atoms with Gasteiger partial charge in [-0.25, -0.2) is 4.79 Å². The molecule has 4 nitrogen and oxygen atoms in total. The fraction of sp³-hybridized carbons (Fsp3) is 0.364. The molecule has 2 rings (SSSR count). The molecule has 16 heavy (non-hydrogen) atoms. The number of carbonyl (C=O) groups is 1. The summed E-state index contributed by atoms with van der Waals surface area (Å²) in [4.78, 5) is 13.1. The van der Waals surface area contributed by atoms with E-state index in [1.807, 2.05) is 18.2 Å². The van der Waals surface area contributed by atoms with Crippen molar-refractivity contribution in [3.05, 3.63) is 34.9 Å². The van der Waals surface area contributed by atoms with Crippen LogP contribution in [0.15, 0.2) is 24.3 Å². The van der Waals surface area contributed by atoms with Gasteiger partial charge in [0, 0.05) is 18.1 Å². The molecule has 1 heterocycles. The van der Waals surface area contributed by atoms with E-state index in [9.17, 15) is 4.79 Å². The smallest absolute Gasteiger partial charge is 0.410 e. The van der Waals surface area contributed by atoms with Crippen molar-refractivity contribution in [2.75, 3.05) is 19.7 Å². The molecule has 0 saturated carbocycles. The van der Waals surface area contributed by atoms with Crippen molar-refractivity contribution in [3.8, 4) is 0 Å². The Hall–Kier alpha value is -1.26. The molecule has 5 heteroatoms. The van der Waals surface area contributed by atoms with Crippen LogP contribution in [0.4, 0.5) is 4.79 Å². The van der Waals surface area contributed by atoms with Crippen LogP contribution in [0.5, 0.6) is 0 Å². The first kappa shape index (κ1) is 11.2. The standard InChI is InChI=1S/C11H13ClN2O2/c12-9-4-2-1-3-8(9)10-7-16-11(15)14(10)6-5-13/h1-4,10H,5-7,13H2. The van der Waals surface area contributed by atoms with Gasteiger partial charge in [0.05, 0.1) is 6.04 Å². The summed E-state index contributed by atoms with van der Waals surface area (Å²) < 4.78 is 5.01. The number of cyclic esters (lactones) is 1. The van der Waals surface area contributed by atoms with Crippen molar-refractivity contribution in [3.63, 3.8) is 0 Å². The maximum Gasteiger partial charge on any atom is 0.410 e. The van der Waals surface area contributed by atoms with Gasteiger partial charge in [-0.05, 0) is 11.6 Å². The number of hydrogen-bond donors (Lipinski definition) is 1. The molecule has 0 bridgehead atoms. The van der Waals surface area contributed by atoms with E-state index in [1.54, 1.807) is 11.0 Å². The number of rotatable bonds is 3. The largest absolute Gasteiger partial charge is 0.447 e. The predicted octanol–water partition coefficient (Wildman–Crippen LogP) is 1.79. The van der Waals surface area contributed by atoms with Crippen LogP contribution in [0, 0.1) is 0 Å². The molecule has 0 aliphatic carbocycles. The molecule has 2 N–H and O–H groups in total. The highest BCUT2D eigenvalue weighted by Crippen LogP contribution is 2.31. The maximum atomic E-state index is 11.5. The topological polar surface area (TPSA) is 55.6 Å². The zero-order valence-corrected chi connectivity index (χ0v) is 9.48. The highest BCUT2D eigenvalue weighted by Gasteiger charge is 2.34. The van der Waals surface area contributed by atoms with E-state index in [-0.39, 0.29) is 12.1 Å². The summed E-state index contributed by atoms with van der Waals surface area (Å²) in [6, 6.07) is 7.34. The van der Waals surface area contributed by atoms with Gasteiger partial charge in [0.15, 0.2) is 0 Å². The molecule has 1 saturated heterocycles. The van der Waals surface area contributed by atoms with E-state index < -0.39 is 0 Å². The van der Waals surface area contributed by atoms with Crippen molar-refractivity contribution in [2.24, 2.45) is 5.73 Å². The van der Waals surface area contributed by atoms with Crippen molar-refractivity contribution < 1.29 is 9.53 Å². The highest BCUT2D eigenvalue weighted by atomic mass is 35.5. The Morgan fingerprint density at radius 1 is 1.50 bits per heavy atom. The summed E-state index contributed by atoms with van der Waals surface area (Å²) in [5, 5.41) is 0.646.